The van der Waals surface area contributed by atoms with Crippen LogP contribution in [0.2, 0.25) is 0 Å². The first kappa shape index (κ1) is 14.4. The second kappa shape index (κ2) is 4.88. The number of ether oxygens (including phenoxy) is 1. The van der Waals surface area contributed by atoms with E-state index in [0.29, 0.717) is 6.61 Å². The van der Waals surface area contributed by atoms with E-state index in [9.17, 15) is 9.59 Å². The molecule has 0 aromatic heterocycles. The van der Waals surface area contributed by atoms with Crippen molar-refractivity contribution in [1.82, 2.24) is 4.90 Å². The molecule has 1 rings (SSSR count). The molecule has 1 aliphatic heterocycles. The molecule has 0 aromatic carbocycles. The average Bonchev–Trinajstić information content (AvgIpc) is 2.55. The summed E-state index contributed by atoms with van der Waals surface area (Å²) in [6, 6.07) is 0.0566. The van der Waals surface area contributed by atoms with Gasteiger partial charge in [0.15, 0.2) is 4.87 Å². The second-order valence-electron chi connectivity index (χ2n) is 5.29. The highest BCUT2D eigenvalue weighted by Crippen LogP contribution is 2.50. The molecular weight excluding hydrogens is 238 g/mol. The Bertz CT molecular complexity index is 313. The zero-order chi connectivity index (χ0) is 13.3. The molecule has 0 spiro atoms. The van der Waals surface area contributed by atoms with Crippen LogP contribution in [0.15, 0.2) is 0 Å². The molecule has 5 heteroatoms. The molecule has 4 nitrogen and oxygen atoms in total. The summed E-state index contributed by atoms with van der Waals surface area (Å²) in [5.74, 6) is 0.448. The number of rotatable bonds is 3. The molecule has 2 atom stereocenters. The van der Waals surface area contributed by atoms with Crippen LogP contribution < -0.4 is 0 Å². The van der Waals surface area contributed by atoms with Crippen molar-refractivity contribution < 1.29 is 14.3 Å². The number of amides is 1. The summed E-state index contributed by atoms with van der Waals surface area (Å²) in [4.78, 5) is 24.3. The van der Waals surface area contributed by atoms with Gasteiger partial charge in [-0.1, -0.05) is 20.8 Å². The minimum absolute atomic E-state index is 0.0566. The van der Waals surface area contributed by atoms with Crippen molar-refractivity contribution in [3.05, 3.63) is 0 Å². The largest absolute Gasteiger partial charge is 0.464 e. The highest BCUT2D eigenvalue weighted by Gasteiger charge is 2.59. The molecule has 0 bridgehead atoms. The van der Waals surface area contributed by atoms with E-state index in [1.165, 1.54) is 11.8 Å². The number of hydrogen-bond donors (Lipinski definition) is 0. The predicted molar refractivity (Wildman–Crippen MR) is 68.6 cm³/mol. The lowest BCUT2D eigenvalue weighted by Crippen LogP contribution is -2.58. The molecule has 0 aromatic rings. The average molecular weight is 259 g/mol. The third kappa shape index (κ3) is 2.17. The van der Waals surface area contributed by atoms with E-state index < -0.39 is 4.87 Å². The minimum atomic E-state index is -0.899. The molecule has 0 saturated carbocycles. The molecule has 0 radical (unpaired) electrons. The highest BCUT2D eigenvalue weighted by atomic mass is 32.2. The standard InChI is InChI=1S/C12H21NO3S/c1-6-16-10(15)12(11(3,4)5)13(8-14)9(2)7-17-12/h8-9H,6-7H2,1-5H3. The SMILES string of the molecule is CCOC(=O)C1(C(C)(C)C)SCC(C)N1C=O. The summed E-state index contributed by atoms with van der Waals surface area (Å²) in [5.41, 5.74) is -0.365. The molecule has 1 amide bonds. The lowest BCUT2D eigenvalue weighted by Gasteiger charge is -2.44. The number of carbonyl (C=O) groups excluding carboxylic acids is 2. The van der Waals surface area contributed by atoms with Crippen LogP contribution in [0.5, 0.6) is 0 Å². The summed E-state index contributed by atoms with van der Waals surface area (Å²) < 4.78 is 5.18. The van der Waals surface area contributed by atoms with Crippen molar-refractivity contribution in [2.45, 2.75) is 45.5 Å². The monoisotopic (exact) mass is 259 g/mol. The van der Waals surface area contributed by atoms with Gasteiger partial charge in [0.2, 0.25) is 6.41 Å². The number of esters is 1. The van der Waals surface area contributed by atoms with Crippen LogP contribution in [0.4, 0.5) is 0 Å². The van der Waals surface area contributed by atoms with Crippen molar-refractivity contribution >= 4 is 24.1 Å². The van der Waals surface area contributed by atoms with E-state index in [0.717, 1.165) is 12.2 Å². The Labute approximate surface area is 107 Å². The summed E-state index contributed by atoms with van der Waals surface area (Å²) in [6.07, 6.45) is 0.771. The van der Waals surface area contributed by atoms with Gasteiger partial charge in [0.1, 0.15) is 0 Å². The molecule has 1 saturated heterocycles. The van der Waals surface area contributed by atoms with E-state index in [1.54, 1.807) is 11.8 Å². The summed E-state index contributed by atoms with van der Waals surface area (Å²) in [5, 5.41) is 0. The zero-order valence-corrected chi connectivity index (χ0v) is 12.0. The molecule has 0 aliphatic carbocycles. The number of hydrogen-bond acceptors (Lipinski definition) is 4. The third-order valence-electron chi connectivity index (χ3n) is 3.05. The maximum atomic E-state index is 12.3. The molecule has 1 heterocycles. The van der Waals surface area contributed by atoms with Crippen LogP contribution >= 0.6 is 11.8 Å². The van der Waals surface area contributed by atoms with Gasteiger partial charge in [0.05, 0.1) is 6.61 Å². The summed E-state index contributed by atoms with van der Waals surface area (Å²) >= 11 is 1.51. The first-order valence-corrected chi connectivity index (χ1v) is 6.84. The fraction of sp³-hybridized carbons (Fsp3) is 0.833. The van der Waals surface area contributed by atoms with Gasteiger partial charge in [-0.2, -0.15) is 0 Å². The first-order valence-electron chi connectivity index (χ1n) is 5.86. The Morgan fingerprint density at radius 3 is 2.59 bits per heavy atom. The fourth-order valence-corrected chi connectivity index (χ4v) is 3.81. The Morgan fingerprint density at radius 1 is 1.59 bits per heavy atom. The van der Waals surface area contributed by atoms with E-state index >= 15 is 0 Å². The maximum absolute atomic E-state index is 12.3. The van der Waals surface area contributed by atoms with Gasteiger partial charge >= 0.3 is 5.97 Å². The van der Waals surface area contributed by atoms with Gasteiger partial charge in [0.25, 0.3) is 0 Å². The van der Waals surface area contributed by atoms with Crippen molar-refractivity contribution in [2.24, 2.45) is 5.41 Å². The quantitative estimate of drug-likeness (QED) is 0.573. The van der Waals surface area contributed by atoms with E-state index in [4.69, 9.17) is 4.74 Å². The number of carbonyl (C=O) groups is 2. The Balaban J connectivity index is 3.20. The first-order chi connectivity index (χ1) is 7.81. The van der Waals surface area contributed by atoms with Crippen LogP contribution in [0, 0.1) is 5.41 Å². The summed E-state index contributed by atoms with van der Waals surface area (Å²) in [6.45, 7) is 9.96. The van der Waals surface area contributed by atoms with Crippen LogP contribution in [-0.4, -0.2) is 40.6 Å². The number of thioether (sulfide) groups is 1. The zero-order valence-electron chi connectivity index (χ0n) is 11.1. The topological polar surface area (TPSA) is 46.6 Å². The molecule has 17 heavy (non-hydrogen) atoms. The normalized spacial score (nSPS) is 29.2. The second-order valence-corrected chi connectivity index (χ2v) is 6.50. The van der Waals surface area contributed by atoms with Crippen LogP contribution in [-0.2, 0) is 14.3 Å². The molecule has 0 N–H and O–H groups in total. The Morgan fingerprint density at radius 2 is 2.18 bits per heavy atom. The van der Waals surface area contributed by atoms with Gasteiger partial charge in [-0.25, -0.2) is 4.79 Å². The van der Waals surface area contributed by atoms with Crippen LogP contribution in [0.1, 0.15) is 34.6 Å². The van der Waals surface area contributed by atoms with Crippen LogP contribution in [0.25, 0.3) is 0 Å². The van der Waals surface area contributed by atoms with Crippen molar-refractivity contribution in [1.29, 1.82) is 0 Å². The van der Waals surface area contributed by atoms with Gasteiger partial charge < -0.3 is 9.64 Å². The number of nitrogens with zero attached hydrogens (tertiary/aromatic N) is 1. The van der Waals surface area contributed by atoms with Crippen molar-refractivity contribution in [3.63, 3.8) is 0 Å². The predicted octanol–water partition coefficient (Wildman–Crippen LogP) is 1.89. The van der Waals surface area contributed by atoms with Gasteiger partial charge in [-0.15, -0.1) is 11.8 Å². The fourth-order valence-electron chi connectivity index (χ4n) is 2.19. The third-order valence-corrected chi connectivity index (χ3v) is 5.11. The smallest absolute Gasteiger partial charge is 0.343 e. The van der Waals surface area contributed by atoms with Gasteiger partial charge in [-0.05, 0) is 13.8 Å². The molecule has 98 valence electrons. The highest BCUT2D eigenvalue weighted by molar-refractivity contribution is 8.01. The summed E-state index contributed by atoms with van der Waals surface area (Å²) in [7, 11) is 0. The molecule has 1 fully saturated rings. The van der Waals surface area contributed by atoms with E-state index in [-0.39, 0.29) is 17.4 Å². The van der Waals surface area contributed by atoms with E-state index in [1.807, 2.05) is 27.7 Å². The van der Waals surface area contributed by atoms with Gasteiger partial charge in [0, 0.05) is 17.2 Å². The Kier molecular flexibility index (Phi) is 4.12. The van der Waals surface area contributed by atoms with Crippen molar-refractivity contribution in [3.8, 4) is 0 Å². The Hall–Kier alpha value is -0.710. The maximum Gasteiger partial charge on any atom is 0.343 e. The van der Waals surface area contributed by atoms with Gasteiger partial charge in [-0.3, -0.25) is 4.79 Å². The van der Waals surface area contributed by atoms with Crippen molar-refractivity contribution in [2.75, 3.05) is 12.4 Å². The minimum Gasteiger partial charge on any atom is -0.464 e. The van der Waals surface area contributed by atoms with Crippen LogP contribution in [0.3, 0.4) is 0 Å². The lowest BCUT2D eigenvalue weighted by molar-refractivity contribution is -0.160. The molecule has 1 aliphatic rings. The molecular formula is C12H21NO3S. The lowest BCUT2D eigenvalue weighted by atomic mass is 9.84. The van der Waals surface area contributed by atoms with E-state index in [2.05, 4.69) is 0 Å². The molecule has 2 unspecified atom stereocenters.